The zero-order valence-electron chi connectivity index (χ0n) is 22.5. The monoisotopic (exact) mass is 501 g/mol. The molecule has 37 heavy (non-hydrogen) atoms. The smallest absolute Gasteiger partial charge is 0.307 e. The zero-order valence-corrected chi connectivity index (χ0v) is 22.5. The van der Waals surface area contributed by atoms with E-state index in [9.17, 15) is 9.90 Å². The van der Waals surface area contributed by atoms with E-state index in [-0.39, 0.29) is 12.0 Å². The number of carboxylic acids is 1. The first-order valence-electron chi connectivity index (χ1n) is 13.1. The molecule has 0 saturated carbocycles. The van der Waals surface area contributed by atoms with Gasteiger partial charge >= 0.3 is 5.97 Å². The van der Waals surface area contributed by atoms with E-state index in [1.807, 2.05) is 32.2 Å². The van der Waals surface area contributed by atoms with Crippen LogP contribution < -0.4 is 15.8 Å². The summed E-state index contributed by atoms with van der Waals surface area (Å²) in [4.78, 5) is 14.7. The minimum Gasteiger partial charge on any atom is -0.489 e. The summed E-state index contributed by atoms with van der Waals surface area (Å²) < 4.78 is 6.30. The molecule has 0 bridgehead atoms. The number of para-hydroxylation sites is 1. The van der Waals surface area contributed by atoms with E-state index in [0.717, 1.165) is 54.2 Å². The van der Waals surface area contributed by atoms with Crippen molar-refractivity contribution in [3.8, 4) is 5.75 Å². The van der Waals surface area contributed by atoms with Crippen LogP contribution >= 0.6 is 0 Å². The Morgan fingerprint density at radius 2 is 1.95 bits per heavy atom. The van der Waals surface area contributed by atoms with Gasteiger partial charge in [0.2, 0.25) is 0 Å². The third-order valence-corrected chi connectivity index (χ3v) is 7.75. The average Bonchev–Trinajstić information content (AvgIpc) is 3.07. The molecule has 3 aromatic rings. The molecule has 3 atom stereocenters. The number of hydrogen-bond donors (Lipinski definition) is 3. The first kappa shape index (κ1) is 26.6. The van der Waals surface area contributed by atoms with Crippen molar-refractivity contribution in [2.45, 2.75) is 59.2 Å². The Labute approximate surface area is 220 Å². The minimum atomic E-state index is -0.824. The highest BCUT2D eigenvalue weighted by atomic mass is 16.5. The van der Waals surface area contributed by atoms with E-state index in [1.54, 1.807) is 6.92 Å². The predicted molar refractivity (Wildman–Crippen MR) is 150 cm³/mol. The SMILES string of the molecule is CCC1CN(Cc2cc(C(c3ccc(NC)c(N)c3C)C(C)C(=O)O)ccc2C)Cc2ccccc2O1. The van der Waals surface area contributed by atoms with Crippen LogP contribution in [-0.2, 0) is 17.9 Å². The van der Waals surface area contributed by atoms with E-state index >= 15 is 0 Å². The number of benzene rings is 3. The number of rotatable bonds is 8. The highest BCUT2D eigenvalue weighted by Gasteiger charge is 2.30. The topological polar surface area (TPSA) is 87.8 Å². The van der Waals surface area contributed by atoms with E-state index < -0.39 is 11.9 Å². The number of fused-ring (bicyclic) bond motifs is 1. The van der Waals surface area contributed by atoms with Crippen molar-refractivity contribution in [2.75, 3.05) is 24.6 Å². The van der Waals surface area contributed by atoms with E-state index in [4.69, 9.17) is 10.5 Å². The third-order valence-electron chi connectivity index (χ3n) is 7.75. The molecule has 4 rings (SSSR count). The fourth-order valence-corrected chi connectivity index (χ4v) is 5.37. The van der Waals surface area contributed by atoms with Crippen molar-refractivity contribution in [1.29, 1.82) is 0 Å². The molecule has 0 aliphatic carbocycles. The molecular formula is C31H39N3O3. The van der Waals surface area contributed by atoms with Gasteiger partial charge in [0.15, 0.2) is 0 Å². The van der Waals surface area contributed by atoms with Gasteiger partial charge in [-0.25, -0.2) is 0 Å². The van der Waals surface area contributed by atoms with Gasteiger partial charge in [0.1, 0.15) is 11.9 Å². The lowest BCUT2D eigenvalue weighted by molar-refractivity contribution is -0.141. The van der Waals surface area contributed by atoms with Gasteiger partial charge in [0.25, 0.3) is 0 Å². The Kier molecular flexibility index (Phi) is 8.08. The third kappa shape index (κ3) is 5.59. The van der Waals surface area contributed by atoms with Gasteiger partial charge in [-0.2, -0.15) is 0 Å². The van der Waals surface area contributed by atoms with Crippen molar-refractivity contribution < 1.29 is 14.6 Å². The van der Waals surface area contributed by atoms with Gasteiger partial charge in [-0.05, 0) is 60.2 Å². The first-order valence-corrected chi connectivity index (χ1v) is 13.1. The Morgan fingerprint density at radius 1 is 1.19 bits per heavy atom. The largest absolute Gasteiger partial charge is 0.489 e. The molecule has 0 amide bonds. The van der Waals surface area contributed by atoms with Crippen molar-refractivity contribution >= 4 is 17.3 Å². The second-order valence-electron chi connectivity index (χ2n) is 10.2. The van der Waals surface area contributed by atoms with Gasteiger partial charge < -0.3 is 20.9 Å². The second kappa shape index (κ2) is 11.3. The fourth-order valence-electron chi connectivity index (χ4n) is 5.37. The van der Waals surface area contributed by atoms with Crippen LogP contribution in [0.5, 0.6) is 5.75 Å². The second-order valence-corrected chi connectivity index (χ2v) is 10.2. The summed E-state index contributed by atoms with van der Waals surface area (Å²) in [5.74, 6) is -0.788. The van der Waals surface area contributed by atoms with Crippen LogP contribution in [0.4, 0.5) is 11.4 Å². The first-order chi connectivity index (χ1) is 17.7. The number of aliphatic carboxylic acids is 1. The van der Waals surface area contributed by atoms with E-state index in [0.29, 0.717) is 5.69 Å². The number of anilines is 2. The minimum absolute atomic E-state index is 0.128. The van der Waals surface area contributed by atoms with E-state index in [1.165, 1.54) is 16.7 Å². The molecule has 0 radical (unpaired) electrons. The molecule has 3 aromatic carbocycles. The lowest BCUT2D eigenvalue weighted by Crippen LogP contribution is -2.32. The maximum atomic E-state index is 12.2. The van der Waals surface area contributed by atoms with Gasteiger partial charge in [-0.15, -0.1) is 0 Å². The molecule has 0 fully saturated rings. The van der Waals surface area contributed by atoms with Crippen molar-refractivity contribution in [1.82, 2.24) is 4.90 Å². The number of aryl methyl sites for hydroxylation is 1. The molecule has 0 aromatic heterocycles. The molecule has 1 aliphatic rings. The predicted octanol–water partition coefficient (Wildman–Crippen LogP) is 5.95. The molecule has 196 valence electrons. The van der Waals surface area contributed by atoms with Crippen LogP contribution in [0.25, 0.3) is 0 Å². The Morgan fingerprint density at radius 3 is 2.65 bits per heavy atom. The highest BCUT2D eigenvalue weighted by molar-refractivity contribution is 5.75. The van der Waals surface area contributed by atoms with Crippen LogP contribution in [0, 0.1) is 19.8 Å². The number of nitrogens with zero attached hydrogens (tertiary/aromatic N) is 1. The summed E-state index contributed by atoms with van der Waals surface area (Å²) >= 11 is 0. The number of nitrogens with two attached hydrogens (primary N) is 1. The summed E-state index contributed by atoms with van der Waals surface area (Å²) in [6, 6.07) is 18.6. The van der Waals surface area contributed by atoms with Crippen LogP contribution in [0.15, 0.2) is 54.6 Å². The molecule has 3 unspecified atom stereocenters. The summed E-state index contributed by atoms with van der Waals surface area (Å²) in [7, 11) is 1.84. The fraction of sp³-hybridized carbons (Fsp3) is 0.387. The average molecular weight is 502 g/mol. The summed E-state index contributed by atoms with van der Waals surface area (Å²) in [5, 5.41) is 13.2. The molecule has 4 N–H and O–H groups in total. The molecule has 1 aliphatic heterocycles. The molecule has 0 spiro atoms. The maximum Gasteiger partial charge on any atom is 0.307 e. The molecule has 1 heterocycles. The van der Waals surface area contributed by atoms with Gasteiger partial charge in [-0.1, -0.05) is 56.3 Å². The zero-order chi connectivity index (χ0) is 26.7. The van der Waals surface area contributed by atoms with Crippen LogP contribution in [0.2, 0.25) is 0 Å². The summed E-state index contributed by atoms with van der Waals surface area (Å²) in [6.45, 7) is 10.5. The van der Waals surface area contributed by atoms with Crippen LogP contribution in [0.1, 0.15) is 59.6 Å². The number of carboxylic acid groups (broad SMARTS) is 1. The highest BCUT2D eigenvalue weighted by Crippen LogP contribution is 2.39. The van der Waals surface area contributed by atoms with Crippen LogP contribution in [-0.4, -0.2) is 35.7 Å². The summed E-state index contributed by atoms with van der Waals surface area (Å²) in [5.41, 5.74) is 14.4. The van der Waals surface area contributed by atoms with Gasteiger partial charge in [0.05, 0.1) is 17.3 Å². The Balaban J connectivity index is 1.72. The number of carbonyl (C=O) groups is 1. The quantitative estimate of drug-likeness (QED) is 0.331. The van der Waals surface area contributed by atoms with Crippen LogP contribution in [0.3, 0.4) is 0 Å². The van der Waals surface area contributed by atoms with Gasteiger partial charge in [-0.3, -0.25) is 9.69 Å². The maximum absolute atomic E-state index is 12.2. The van der Waals surface area contributed by atoms with Crippen molar-refractivity contribution in [3.05, 3.63) is 88.0 Å². The van der Waals surface area contributed by atoms with Crippen molar-refractivity contribution in [3.63, 3.8) is 0 Å². The number of ether oxygens (including phenoxy) is 1. The number of nitrogen functional groups attached to an aromatic ring is 1. The molecule has 0 saturated heterocycles. The number of hydrogen-bond acceptors (Lipinski definition) is 5. The Bertz CT molecular complexity index is 1270. The standard InChI is InChI=1S/C31H39N3O3/c1-6-25-18-34(16-23-9-7-8-10-28(23)37-25)17-24-15-22(12-11-19(24)2)29(21(4)31(35)36)26-13-14-27(33-5)30(32)20(26)3/h7-15,21,25,29,33H,6,16-18,32H2,1-5H3,(H,35,36). The normalized spacial score (nSPS) is 17.3. The van der Waals surface area contributed by atoms with Crippen molar-refractivity contribution in [2.24, 2.45) is 5.92 Å². The Hall–Kier alpha value is -3.51. The molecular weight excluding hydrogens is 462 g/mol. The lowest BCUT2D eigenvalue weighted by Gasteiger charge is -2.28. The van der Waals surface area contributed by atoms with E-state index in [2.05, 4.69) is 60.5 Å². The number of nitrogens with one attached hydrogen (secondary N) is 1. The summed E-state index contributed by atoms with van der Waals surface area (Å²) in [6.07, 6.45) is 1.06. The molecule has 6 heteroatoms. The molecule has 6 nitrogen and oxygen atoms in total. The van der Waals surface area contributed by atoms with Gasteiger partial charge in [0, 0.05) is 38.2 Å². The lowest BCUT2D eigenvalue weighted by atomic mass is 9.78.